The number of para-hydroxylation sites is 1. The highest BCUT2D eigenvalue weighted by atomic mass is 32.1. The summed E-state index contributed by atoms with van der Waals surface area (Å²) in [6.07, 6.45) is 0.996. The molecule has 0 radical (unpaired) electrons. The van der Waals surface area contributed by atoms with E-state index in [9.17, 15) is 14.4 Å². The van der Waals surface area contributed by atoms with Crippen molar-refractivity contribution in [1.29, 1.82) is 0 Å². The summed E-state index contributed by atoms with van der Waals surface area (Å²) in [5.41, 5.74) is 11.4. The van der Waals surface area contributed by atoms with Gasteiger partial charge in [0.2, 0.25) is 11.7 Å². The number of ketones is 2. The van der Waals surface area contributed by atoms with Gasteiger partial charge in [-0.15, -0.1) is 11.3 Å². The predicted octanol–water partition coefficient (Wildman–Crippen LogP) is -0.0516. The number of thiazole rings is 1. The van der Waals surface area contributed by atoms with Crippen molar-refractivity contribution in [2.24, 2.45) is 16.5 Å². The van der Waals surface area contributed by atoms with Crippen LogP contribution in [0.15, 0.2) is 29.3 Å². The Morgan fingerprint density at radius 3 is 2.82 bits per heavy atom. The summed E-state index contributed by atoms with van der Waals surface area (Å²) in [5, 5.41) is 5.95. The second kappa shape index (κ2) is 8.89. The number of nitrogens with zero attached hydrogens (tertiary/aromatic N) is 2. The van der Waals surface area contributed by atoms with Crippen LogP contribution < -0.4 is 22.1 Å². The van der Waals surface area contributed by atoms with Gasteiger partial charge in [0.05, 0.1) is 28.8 Å². The van der Waals surface area contributed by atoms with E-state index in [1.807, 2.05) is 24.3 Å². The highest BCUT2D eigenvalue weighted by molar-refractivity contribution is 7.20. The molecule has 148 valence electrons. The van der Waals surface area contributed by atoms with Crippen molar-refractivity contribution in [3.8, 4) is 0 Å². The van der Waals surface area contributed by atoms with Crippen molar-refractivity contribution in [3.05, 3.63) is 29.3 Å². The number of amides is 1. The van der Waals surface area contributed by atoms with Crippen molar-refractivity contribution in [1.82, 2.24) is 15.6 Å². The van der Waals surface area contributed by atoms with E-state index in [-0.39, 0.29) is 36.4 Å². The molecule has 0 saturated carbocycles. The highest BCUT2D eigenvalue weighted by Crippen LogP contribution is 2.23. The Morgan fingerprint density at radius 2 is 2.14 bits per heavy atom. The third kappa shape index (κ3) is 4.90. The summed E-state index contributed by atoms with van der Waals surface area (Å²) < 4.78 is 0.902. The first kappa shape index (κ1) is 19.9. The molecule has 1 fully saturated rings. The minimum absolute atomic E-state index is 0.0215. The van der Waals surface area contributed by atoms with Crippen LogP contribution in [-0.4, -0.2) is 53.6 Å². The van der Waals surface area contributed by atoms with Crippen LogP contribution in [0.3, 0.4) is 0 Å². The molecule has 2 unspecified atom stereocenters. The number of guanidine groups is 1. The van der Waals surface area contributed by atoms with Crippen molar-refractivity contribution in [3.63, 3.8) is 0 Å². The Morgan fingerprint density at radius 1 is 1.36 bits per heavy atom. The van der Waals surface area contributed by atoms with Crippen LogP contribution in [0.2, 0.25) is 0 Å². The third-order valence-electron chi connectivity index (χ3n) is 4.38. The van der Waals surface area contributed by atoms with Crippen LogP contribution in [0.1, 0.15) is 29.1 Å². The Bertz CT molecular complexity index is 888. The number of carbonyl (C=O) groups is 3. The first-order chi connectivity index (χ1) is 13.4. The molecule has 3 rings (SSSR count). The lowest BCUT2D eigenvalue weighted by Gasteiger charge is -2.18. The molecule has 1 aromatic carbocycles. The minimum atomic E-state index is -0.764. The van der Waals surface area contributed by atoms with Gasteiger partial charge in [0.15, 0.2) is 11.0 Å². The van der Waals surface area contributed by atoms with Gasteiger partial charge >= 0.3 is 0 Å². The van der Waals surface area contributed by atoms with Crippen LogP contribution in [0.4, 0.5) is 0 Å². The van der Waals surface area contributed by atoms with Crippen molar-refractivity contribution in [2.75, 3.05) is 13.1 Å². The average Bonchev–Trinajstić information content (AvgIpc) is 3.29. The second-order valence-corrected chi connectivity index (χ2v) is 7.57. The van der Waals surface area contributed by atoms with E-state index in [1.165, 1.54) is 11.3 Å². The monoisotopic (exact) mass is 402 g/mol. The molecule has 1 saturated heterocycles. The van der Waals surface area contributed by atoms with Crippen molar-refractivity contribution in [2.45, 2.75) is 31.3 Å². The van der Waals surface area contributed by atoms with E-state index in [0.717, 1.165) is 10.2 Å². The molecule has 9 nitrogen and oxygen atoms in total. The molecule has 28 heavy (non-hydrogen) atoms. The lowest BCUT2D eigenvalue weighted by molar-refractivity contribution is -0.124. The number of Topliss-reactive ketones (excluding diaryl/α,β-unsaturated/α-hetero) is 2. The normalized spacial score (nSPS) is 17.4. The number of hydrogen-bond donors (Lipinski definition) is 4. The molecule has 1 aromatic heterocycles. The number of nitrogens with two attached hydrogens (primary N) is 2. The highest BCUT2D eigenvalue weighted by Gasteiger charge is 2.31. The molecule has 10 heteroatoms. The topological polar surface area (TPSA) is 153 Å². The predicted molar refractivity (Wildman–Crippen MR) is 107 cm³/mol. The number of carbonyl (C=O) groups excluding carboxylic acids is 3. The van der Waals surface area contributed by atoms with Crippen LogP contribution in [0.5, 0.6) is 0 Å². The van der Waals surface area contributed by atoms with Crippen LogP contribution >= 0.6 is 11.3 Å². The van der Waals surface area contributed by atoms with Gasteiger partial charge in [0, 0.05) is 13.0 Å². The van der Waals surface area contributed by atoms with Gasteiger partial charge in [-0.05, 0) is 25.0 Å². The molecule has 6 N–H and O–H groups in total. The lowest BCUT2D eigenvalue weighted by Crippen LogP contribution is -2.48. The number of benzene rings is 1. The standard InChI is InChI=1S/C18H22N6O3S/c19-18(20)21-7-3-5-12(23-16(27)13-8-10(25)9-22-13)15(26)17-24-11-4-1-2-6-14(11)28-17/h1-2,4,6,12-13,22H,3,5,7-9H2,(H,23,27)(H4,19,20,21). The van der Waals surface area contributed by atoms with E-state index < -0.39 is 12.1 Å². The van der Waals surface area contributed by atoms with E-state index >= 15 is 0 Å². The zero-order chi connectivity index (χ0) is 20.1. The maximum absolute atomic E-state index is 13.0. The molecule has 0 spiro atoms. The zero-order valence-corrected chi connectivity index (χ0v) is 16.0. The van der Waals surface area contributed by atoms with Gasteiger partial charge in [-0.3, -0.25) is 24.7 Å². The summed E-state index contributed by atoms with van der Waals surface area (Å²) >= 11 is 1.29. The van der Waals surface area contributed by atoms with E-state index in [1.54, 1.807) is 0 Å². The average molecular weight is 402 g/mol. The van der Waals surface area contributed by atoms with E-state index in [4.69, 9.17) is 11.5 Å². The smallest absolute Gasteiger partial charge is 0.238 e. The molecule has 1 amide bonds. The van der Waals surface area contributed by atoms with E-state index in [0.29, 0.717) is 24.4 Å². The van der Waals surface area contributed by atoms with Crippen LogP contribution in [0, 0.1) is 0 Å². The third-order valence-corrected chi connectivity index (χ3v) is 5.43. The molecule has 0 aliphatic carbocycles. The fraction of sp³-hybridized carbons (Fsp3) is 0.389. The number of hydrogen-bond acceptors (Lipinski definition) is 7. The summed E-state index contributed by atoms with van der Waals surface area (Å²) in [7, 11) is 0. The maximum atomic E-state index is 13.0. The van der Waals surface area contributed by atoms with Gasteiger partial charge in [-0.25, -0.2) is 4.98 Å². The fourth-order valence-electron chi connectivity index (χ4n) is 2.97. The quantitative estimate of drug-likeness (QED) is 0.209. The molecule has 1 aliphatic heterocycles. The second-order valence-electron chi connectivity index (χ2n) is 6.54. The van der Waals surface area contributed by atoms with Crippen LogP contribution in [-0.2, 0) is 9.59 Å². The molecule has 2 aromatic rings. The Labute approximate surface area is 165 Å². The minimum Gasteiger partial charge on any atom is -0.370 e. The number of fused-ring (bicyclic) bond motifs is 1. The van der Waals surface area contributed by atoms with Gasteiger partial charge in [0.25, 0.3) is 0 Å². The lowest BCUT2D eigenvalue weighted by atomic mass is 10.1. The van der Waals surface area contributed by atoms with Crippen molar-refractivity contribution >= 4 is 45.0 Å². The van der Waals surface area contributed by atoms with Gasteiger partial charge in [-0.2, -0.15) is 0 Å². The number of aromatic nitrogens is 1. The molecular weight excluding hydrogens is 380 g/mol. The molecule has 2 atom stereocenters. The summed E-state index contributed by atoms with van der Waals surface area (Å²) in [6, 6.07) is 6.09. The molecule has 0 bridgehead atoms. The SMILES string of the molecule is NC(N)=NCCCC(NC(=O)C1CC(=O)CN1)C(=O)c1nc2ccccc2s1. The summed E-state index contributed by atoms with van der Waals surface area (Å²) in [4.78, 5) is 45.2. The molecular formula is C18H22N6O3S. The van der Waals surface area contributed by atoms with Crippen molar-refractivity contribution < 1.29 is 14.4 Å². The van der Waals surface area contributed by atoms with E-state index in [2.05, 4.69) is 20.6 Å². The largest absolute Gasteiger partial charge is 0.370 e. The Kier molecular flexibility index (Phi) is 6.32. The number of rotatable bonds is 8. The Balaban J connectivity index is 1.73. The first-order valence-corrected chi connectivity index (χ1v) is 9.76. The van der Waals surface area contributed by atoms with Gasteiger partial charge < -0.3 is 16.8 Å². The number of aliphatic imine (C=N–C) groups is 1. The maximum Gasteiger partial charge on any atom is 0.238 e. The summed E-state index contributed by atoms with van der Waals surface area (Å²) in [6.45, 7) is 0.515. The van der Waals surface area contributed by atoms with Gasteiger partial charge in [0.1, 0.15) is 5.78 Å². The van der Waals surface area contributed by atoms with Crippen LogP contribution in [0.25, 0.3) is 10.2 Å². The molecule has 2 heterocycles. The first-order valence-electron chi connectivity index (χ1n) is 8.94. The zero-order valence-electron chi connectivity index (χ0n) is 15.2. The number of nitrogens with one attached hydrogen (secondary N) is 2. The fourth-order valence-corrected chi connectivity index (χ4v) is 3.93. The molecule has 1 aliphatic rings. The Hall–Kier alpha value is -2.85. The summed E-state index contributed by atoms with van der Waals surface area (Å²) in [5.74, 6) is -0.676. The van der Waals surface area contributed by atoms with Gasteiger partial charge in [-0.1, -0.05) is 12.1 Å².